The molecule has 3 heterocycles. The minimum atomic E-state index is -0.00449. The molecule has 1 saturated heterocycles. The first-order valence-electron chi connectivity index (χ1n) is 8.31. The van der Waals surface area contributed by atoms with Gasteiger partial charge in [-0.1, -0.05) is 0 Å². The maximum atomic E-state index is 13.2. The Hall–Kier alpha value is -2.24. The van der Waals surface area contributed by atoms with Gasteiger partial charge in [0.05, 0.1) is 30.0 Å². The van der Waals surface area contributed by atoms with Gasteiger partial charge < -0.3 is 14.1 Å². The molecule has 0 N–H and O–H groups in total. The molecule has 24 heavy (non-hydrogen) atoms. The standard InChI is InChI=1S/C18H25N3O3/c1-10-12(3)24-13(4)15(10)17(22)21-9-7-8-14(21)16-11(2)19-20(5)18(16)23-6/h14H,7-9H2,1-6H3. The Morgan fingerprint density at radius 3 is 2.54 bits per heavy atom. The lowest BCUT2D eigenvalue weighted by molar-refractivity contribution is 0.0731. The van der Waals surface area contributed by atoms with Crippen molar-refractivity contribution in [2.45, 2.75) is 46.6 Å². The molecule has 2 aromatic heterocycles. The van der Waals surface area contributed by atoms with Gasteiger partial charge in [-0.25, -0.2) is 4.68 Å². The summed E-state index contributed by atoms with van der Waals surface area (Å²) in [5.41, 5.74) is 3.55. The number of carbonyl (C=O) groups excluding carboxylic acids is 1. The van der Waals surface area contributed by atoms with Crippen LogP contribution >= 0.6 is 0 Å². The van der Waals surface area contributed by atoms with Crippen molar-refractivity contribution in [3.05, 3.63) is 33.9 Å². The van der Waals surface area contributed by atoms with Crippen LogP contribution in [0, 0.1) is 27.7 Å². The van der Waals surface area contributed by atoms with E-state index in [1.54, 1.807) is 11.8 Å². The smallest absolute Gasteiger partial charge is 0.258 e. The average Bonchev–Trinajstić information content (AvgIpc) is 3.16. The van der Waals surface area contributed by atoms with Gasteiger partial charge in [-0.3, -0.25) is 4.79 Å². The van der Waals surface area contributed by atoms with Crippen molar-refractivity contribution >= 4 is 5.91 Å². The fourth-order valence-corrected chi connectivity index (χ4v) is 3.84. The van der Waals surface area contributed by atoms with Gasteiger partial charge in [0.2, 0.25) is 5.88 Å². The molecule has 6 heteroatoms. The number of likely N-dealkylation sites (tertiary alicyclic amines) is 1. The van der Waals surface area contributed by atoms with E-state index in [4.69, 9.17) is 9.15 Å². The van der Waals surface area contributed by atoms with E-state index in [-0.39, 0.29) is 11.9 Å². The molecule has 1 amide bonds. The summed E-state index contributed by atoms with van der Waals surface area (Å²) in [5, 5.41) is 4.47. The highest BCUT2D eigenvalue weighted by Crippen LogP contribution is 2.40. The van der Waals surface area contributed by atoms with Crippen molar-refractivity contribution in [2.24, 2.45) is 7.05 Å². The minimum Gasteiger partial charge on any atom is -0.481 e. The van der Waals surface area contributed by atoms with Crippen molar-refractivity contribution in [2.75, 3.05) is 13.7 Å². The Kier molecular flexibility index (Phi) is 4.15. The van der Waals surface area contributed by atoms with Gasteiger partial charge >= 0.3 is 0 Å². The van der Waals surface area contributed by atoms with Crippen molar-refractivity contribution in [1.82, 2.24) is 14.7 Å². The summed E-state index contributed by atoms with van der Waals surface area (Å²) in [5.74, 6) is 2.26. The quantitative estimate of drug-likeness (QED) is 0.866. The predicted octanol–water partition coefficient (Wildman–Crippen LogP) is 3.23. The lowest BCUT2D eigenvalue weighted by atomic mass is 10.0. The van der Waals surface area contributed by atoms with Crippen LogP contribution in [-0.4, -0.2) is 34.2 Å². The molecule has 0 radical (unpaired) electrons. The Morgan fingerprint density at radius 2 is 1.96 bits per heavy atom. The highest BCUT2D eigenvalue weighted by Gasteiger charge is 2.37. The molecule has 1 atom stereocenters. The molecule has 0 aliphatic carbocycles. The number of methoxy groups -OCH3 is 1. The zero-order valence-electron chi connectivity index (χ0n) is 15.3. The van der Waals surface area contributed by atoms with Crippen LogP contribution in [-0.2, 0) is 7.05 Å². The van der Waals surface area contributed by atoms with Crippen molar-refractivity contribution in [3.63, 3.8) is 0 Å². The van der Waals surface area contributed by atoms with E-state index >= 15 is 0 Å². The summed E-state index contributed by atoms with van der Waals surface area (Å²) >= 11 is 0. The fourth-order valence-electron chi connectivity index (χ4n) is 3.84. The van der Waals surface area contributed by atoms with Gasteiger partial charge in [-0.2, -0.15) is 5.10 Å². The Labute approximate surface area is 142 Å². The van der Waals surface area contributed by atoms with Gasteiger partial charge in [0, 0.05) is 19.2 Å². The van der Waals surface area contributed by atoms with Gasteiger partial charge in [-0.15, -0.1) is 0 Å². The number of aryl methyl sites for hydroxylation is 4. The van der Waals surface area contributed by atoms with E-state index in [9.17, 15) is 4.79 Å². The van der Waals surface area contributed by atoms with Gasteiger partial charge in [-0.05, 0) is 40.5 Å². The van der Waals surface area contributed by atoms with E-state index in [1.165, 1.54) is 0 Å². The maximum Gasteiger partial charge on any atom is 0.258 e. The lowest BCUT2D eigenvalue weighted by Gasteiger charge is -2.25. The molecule has 0 saturated carbocycles. The molecule has 0 spiro atoms. The second-order valence-corrected chi connectivity index (χ2v) is 6.50. The fraction of sp³-hybridized carbons (Fsp3) is 0.556. The van der Waals surface area contributed by atoms with Crippen LogP contribution < -0.4 is 4.74 Å². The van der Waals surface area contributed by atoms with Crippen LogP contribution in [0.2, 0.25) is 0 Å². The molecule has 0 aromatic carbocycles. The number of hydrogen-bond donors (Lipinski definition) is 0. The number of ether oxygens (including phenoxy) is 1. The minimum absolute atomic E-state index is 0.00449. The van der Waals surface area contributed by atoms with Gasteiger partial charge in [0.1, 0.15) is 11.5 Å². The molecule has 1 fully saturated rings. The second-order valence-electron chi connectivity index (χ2n) is 6.50. The number of hydrogen-bond acceptors (Lipinski definition) is 4. The SMILES string of the molecule is COc1c(C2CCCN2C(=O)c2c(C)oc(C)c2C)c(C)nn1C. The normalized spacial score (nSPS) is 17.6. The maximum absolute atomic E-state index is 13.2. The highest BCUT2D eigenvalue weighted by molar-refractivity contribution is 5.97. The molecular formula is C18H25N3O3. The van der Waals surface area contributed by atoms with E-state index < -0.39 is 0 Å². The van der Waals surface area contributed by atoms with Crippen molar-refractivity contribution in [1.29, 1.82) is 0 Å². The summed E-state index contributed by atoms with van der Waals surface area (Å²) in [6.45, 7) is 8.41. The highest BCUT2D eigenvalue weighted by atomic mass is 16.5. The molecule has 1 aliphatic heterocycles. The van der Waals surface area contributed by atoms with Gasteiger partial charge in [0.25, 0.3) is 5.91 Å². The first kappa shape index (κ1) is 16.6. The van der Waals surface area contributed by atoms with Crippen LogP contribution in [0.15, 0.2) is 4.42 Å². The molecular weight excluding hydrogens is 306 g/mol. The number of nitrogens with zero attached hydrogens (tertiary/aromatic N) is 3. The monoisotopic (exact) mass is 331 g/mol. The van der Waals surface area contributed by atoms with Crippen LogP contribution in [0.25, 0.3) is 0 Å². The number of furan rings is 1. The zero-order valence-corrected chi connectivity index (χ0v) is 15.3. The molecule has 130 valence electrons. The van der Waals surface area contributed by atoms with E-state index in [2.05, 4.69) is 5.10 Å². The van der Waals surface area contributed by atoms with Crippen LogP contribution in [0.3, 0.4) is 0 Å². The molecule has 2 aromatic rings. The zero-order chi connectivity index (χ0) is 17.6. The summed E-state index contributed by atoms with van der Waals surface area (Å²) in [6.07, 6.45) is 1.90. The largest absolute Gasteiger partial charge is 0.481 e. The first-order chi connectivity index (χ1) is 11.4. The summed E-state index contributed by atoms with van der Waals surface area (Å²) < 4.78 is 12.9. The van der Waals surface area contributed by atoms with Crippen molar-refractivity contribution in [3.8, 4) is 5.88 Å². The Balaban J connectivity index is 2.01. The number of rotatable bonds is 3. The van der Waals surface area contributed by atoms with E-state index in [0.29, 0.717) is 11.3 Å². The third-order valence-electron chi connectivity index (χ3n) is 5.03. The number of amides is 1. The third-order valence-corrected chi connectivity index (χ3v) is 5.03. The van der Waals surface area contributed by atoms with E-state index in [0.717, 1.165) is 47.8 Å². The summed E-state index contributed by atoms with van der Waals surface area (Å²) in [7, 11) is 3.51. The van der Waals surface area contributed by atoms with Crippen LogP contribution in [0.5, 0.6) is 5.88 Å². The lowest BCUT2D eigenvalue weighted by Crippen LogP contribution is -2.31. The van der Waals surface area contributed by atoms with Crippen molar-refractivity contribution < 1.29 is 13.9 Å². The van der Waals surface area contributed by atoms with Crippen LogP contribution in [0.1, 0.15) is 57.6 Å². The molecule has 3 rings (SSSR count). The second kappa shape index (κ2) is 6.00. The molecule has 1 unspecified atom stereocenters. The van der Waals surface area contributed by atoms with Gasteiger partial charge in [0.15, 0.2) is 0 Å². The average molecular weight is 331 g/mol. The van der Waals surface area contributed by atoms with Crippen LogP contribution in [0.4, 0.5) is 0 Å². The Bertz CT molecular complexity index is 788. The number of carbonyl (C=O) groups is 1. The topological polar surface area (TPSA) is 60.5 Å². The molecule has 0 bridgehead atoms. The number of aromatic nitrogens is 2. The summed E-state index contributed by atoms with van der Waals surface area (Å²) in [4.78, 5) is 15.1. The third kappa shape index (κ3) is 2.41. The predicted molar refractivity (Wildman–Crippen MR) is 90.4 cm³/mol. The molecule has 1 aliphatic rings. The first-order valence-corrected chi connectivity index (χ1v) is 8.31. The molecule has 6 nitrogen and oxygen atoms in total. The van der Waals surface area contributed by atoms with E-state index in [1.807, 2.05) is 39.6 Å². The summed E-state index contributed by atoms with van der Waals surface area (Å²) in [6, 6.07) is -0.00449. The Morgan fingerprint density at radius 1 is 1.25 bits per heavy atom.